The van der Waals surface area contributed by atoms with Crippen molar-refractivity contribution >= 4 is 14.1 Å². The number of allylic oxidation sites excluding steroid dienone is 9. The standard InChI is InChI=1S/C30H32Si/c1-20-15-16-21(2)28-19-24(18-27(20)28)31(4,5)30-22(3)17-29-25(13-9-10-14-26(29)30)23-11-7-6-8-12-23/h6-18,25,30H,19H2,1-5H3. The summed E-state index contributed by atoms with van der Waals surface area (Å²) < 4.78 is 0. The monoisotopic (exact) mass is 420 g/mol. The molecule has 0 bridgehead atoms. The van der Waals surface area contributed by atoms with Gasteiger partial charge in [0.1, 0.15) is 0 Å². The van der Waals surface area contributed by atoms with Crippen LogP contribution in [0.4, 0.5) is 0 Å². The number of aryl methyl sites for hydroxylation is 2. The van der Waals surface area contributed by atoms with Gasteiger partial charge in [-0.05, 0) is 66.2 Å². The van der Waals surface area contributed by atoms with Crippen molar-refractivity contribution in [3.05, 3.63) is 123 Å². The molecule has 2 unspecified atom stereocenters. The Balaban J connectivity index is 1.57. The molecule has 0 saturated heterocycles. The second-order valence-corrected chi connectivity index (χ2v) is 14.7. The number of benzene rings is 2. The van der Waals surface area contributed by atoms with Crippen molar-refractivity contribution in [2.75, 3.05) is 0 Å². The van der Waals surface area contributed by atoms with Crippen LogP contribution in [-0.2, 0) is 6.42 Å². The van der Waals surface area contributed by atoms with Gasteiger partial charge in [0.05, 0.1) is 8.07 Å². The molecule has 31 heavy (non-hydrogen) atoms. The Morgan fingerprint density at radius 3 is 2.29 bits per heavy atom. The highest BCUT2D eigenvalue weighted by Gasteiger charge is 2.43. The molecule has 2 aromatic carbocycles. The van der Waals surface area contributed by atoms with Gasteiger partial charge in [0.15, 0.2) is 0 Å². The second-order valence-electron chi connectivity index (χ2n) is 10.0. The predicted molar refractivity (Wildman–Crippen MR) is 137 cm³/mol. The maximum atomic E-state index is 2.59. The lowest BCUT2D eigenvalue weighted by Crippen LogP contribution is -2.36. The fraction of sp³-hybridized carbons (Fsp3) is 0.267. The van der Waals surface area contributed by atoms with Crippen molar-refractivity contribution in [3.63, 3.8) is 0 Å². The first kappa shape index (κ1) is 20.3. The van der Waals surface area contributed by atoms with E-state index in [0.29, 0.717) is 11.5 Å². The summed E-state index contributed by atoms with van der Waals surface area (Å²) in [6.07, 6.45) is 15.5. The first-order chi connectivity index (χ1) is 14.9. The predicted octanol–water partition coefficient (Wildman–Crippen LogP) is 8.03. The zero-order valence-corrected chi connectivity index (χ0v) is 20.4. The van der Waals surface area contributed by atoms with Crippen molar-refractivity contribution in [1.82, 2.24) is 0 Å². The van der Waals surface area contributed by atoms with E-state index in [2.05, 4.69) is 113 Å². The van der Waals surface area contributed by atoms with E-state index < -0.39 is 8.07 Å². The summed E-state index contributed by atoms with van der Waals surface area (Å²) in [6.45, 7) is 12.1. The Morgan fingerprint density at radius 2 is 1.55 bits per heavy atom. The van der Waals surface area contributed by atoms with E-state index in [9.17, 15) is 0 Å². The fourth-order valence-electron chi connectivity index (χ4n) is 5.97. The minimum Gasteiger partial charge on any atom is -0.0749 e. The smallest absolute Gasteiger partial charge is 0.0749 e. The Kier molecular flexibility index (Phi) is 4.90. The molecule has 0 fully saturated rings. The molecule has 0 nitrogen and oxygen atoms in total. The highest BCUT2D eigenvalue weighted by atomic mass is 28.3. The molecule has 0 N–H and O–H groups in total. The van der Waals surface area contributed by atoms with Crippen LogP contribution in [0, 0.1) is 13.8 Å². The summed E-state index contributed by atoms with van der Waals surface area (Å²) in [5, 5.41) is 1.70. The number of hydrogen-bond acceptors (Lipinski definition) is 0. The first-order valence-electron chi connectivity index (χ1n) is 11.5. The van der Waals surface area contributed by atoms with Crippen molar-refractivity contribution in [1.29, 1.82) is 0 Å². The lowest BCUT2D eigenvalue weighted by atomic mass is 9.90. The summed E-state index contributed by atoms with van der Waals surface area (Å²) >= 11 is 0. The third kappa shape index (κ3) is 3.27. The van der Waals surface area contributed by atoms with E-state index in [1.165, 1.54) is 27.8 Å². The molecular weight excluding hydrogens is 388 g/mol. The lowest BCUT2D eigenvalue weighted by molar-refractivity contribution is 1.01. The van der Waals surface area contributed by atoms with Gasteiger partial charge in [-0.25, -0.2) is 0 Å². The van der Waals surface area contributed by atoms with Gasteiger partial charge >= 0.3 is 0 Å². The van der Waals surface area contributed by atoms with Gasteiger partial charge in [-0.2, -0.15) is 0 Å². The van der Waals surface area contributed by atoms with E-state index in [-0.39, 0.29) is 0 Å². The highest BCUT2D eigenvalue weighted by molar-refractivity contribution is 6.87. The summed E-state index contributed by atoms with van der Waals surface area (Å²) in [6, 6.07) is 15.6. The van der Waals surface area contributed by atoms with Crippen LogP contribution in [0.1, 0.15) is 40.7 Å². The number of hydrogen-bond donors (Lipinski definition) is 0. The van der Waals surface area contributed by atoms with E-state index in [1.54, 1.807) is 21.9 Å². The van der Waals surface area contributed by atoms with E-state index in [1.807, 2.05) is 0 Å². The van der Waals surface area contributed by atoms with Crippen LogP contribution in [0.5, 0.6) is 0 Å². The zero-order chi connectivity index (χ0) is 21.8. The normalized spacial score (nSPS) is 22.2. The van der Waals surface area contributed by atoms with Crippen molar-refractivity contribution < 1.29 is 0 Å². The van der Waals surface area contributed by atoms with Crippen LogP contribution in [0.3, 0.4) is 0 Å². The lowest BCUT2D eigenvalue weighted by Gasteiger charge is -2.34. The summed E-state index contributed by atoms with van der Waals surface area (Å²) in [7, 11) is -1.75. The van der Waals surface area contributed by atoms with E-state index >= 15 is 0 Å². The van der Waals surface area contributed by atoms with E-state index in [4.69, 9.17) is 0 Å². The molecule has 156 valence electrons. The van der Waals surface area contributed by atoms with Gasteiger partial charge < -0.3 is 0 Å². The van der Waals surface area contributed by atoms with Crippen LogP contribution < -0.4 is 0 Å². The van der Waals surface area contributed by atoms with Crippen molar-refractivity contribution in [2.45, 2.75) is 51.7 Å². The number of rotatable bonds is 3. The third-order valence-corrected chi connectivity index (χ3v) is 11.9. The van der Waals surface area contributed by atoms with Gasteiger partial charge in [0.2, 0.25) is 0 Å². The first-order valence-corrected chi connectivity index (χ1v) is 14.6. The molecule has 0 aliphatic heterocycles. The topological polar surface area (TPSA) is 0 Å². The molecule has 2 atom stereocenters. The minimum absolute atomic E-state index is 0.343. The van der Waals surface area contributed by atoms with Crippen LogP contribution >= 0.6 is 0 Å². The third-order valence-electron chi connectivity index (χ3n) is 7.71. The van der Waals surface area contributed by atoms with E-state index in [0.717, 1.165) is 6.42 Å². The molecule has 0 aromatic heterocycles. The molecule has 0 heterocycles. The summed E-state index contributed by atoms with van der Waals surface area (Å²) in [4.78, 5) is 0. The van der Waals surface area contributed by atoms with Gasteiger partial charge in [-0.1, -0.05) is 103 Å². The molecule has 3 aliphatic rings. The minimum atomic E-state index is -1.75. The Bertz CT molecular complexity index is 1200. The largest absolute Gasteiger partial charge is 0.0876 e. The Hall–Kier alpha value is -2.64. The molecule has 3 aliphatic carbocycles. The molecule has 0 spiro atoms. The van der Waals surface area contributed by atoms with Crippen molar-refractivity contribution in [2.24, 2.45) is 0 Å². The van der Waals surface area contributed by atoms with Crippen LogP contribution in [-0.4, -0.2) is 8.07 Å². The molecule has 2 aromatic rings. The average molecular weight is 421 g/mol. The van der Waals surface area contributed by atoms with Gasteiger partial charge in [0, 0.05) is 11.5 Å². The quantitative estimate of drug-likeness (QED) is 0.441. The van der Waals surface area contributed by atoms with Gasteiger partial charge in [0.25, 0.3) is 0 Å². The Morgan fingerprint density at radius 1 is 0.806 bits per heavy atom. The Labute approximate surface area is 188 Å². The molecule has 0 radical (unpaired) electrons. The summed E-state index contributed by atoms with van der Waals surface area (Å²) in [5.41, 5.74) is 12.5. The average Bonchev–Trinajstić information content (AvgIpc) is 3.30. The maximum Gasteiger partial charge on any atom is 0.0876 e. The summed E-state index contributed by atoms with van der Waals surface area (Å²) in [5.74, 6) is 0.343. The molecule has 1 heteroatoms. The van der Waals surface area contributed by atoms with Crippen LogP contribution in [0.15, 0.2) is 94.8 Å². The molecular formula is C30H32Si. The molecule has 5 rings (SSSR count). The maximum absolute atomic E-state index is 2.59. The molecule has 0 amide bonds. The van der Waals surface area contributed by atoms with Crippen LogP contribution in [0.25, 0.3) is 6.08 Å². The SMILES string of the molecule is CC1=CC2=C(C=CC=CC2c2ccccc2)C1[Si](C)(C)C1=Cc2c(C)ccc(C)c2C1. The van der Waals surface area contributed by atoms with Gasteiger partial charge in [-0.15, -0.1) is 0 Å². The highest BCUT2D eigenvalue weighted by Crippen LogP contribution is 2.52. The van der Waals surface area contributed by atoms with Gasteiger partial charge in [-0.3, -0.25) is 0 Å². The second kappa shape index (κ2) is 7.49. The van der Waals surface area contributed by atoms with Crippen molar-refractivity contribution in [3.8, 4) is 0 Å². The molecule has 0 saturated carbocycles. The number of fused-ring (bicyclic) bond motifs is 1. The van der Waals surface area contributed by atoms with Crippen LogP contribution in [0.2, 0.25) is 18.6 Å². The fourth-order valence-corrected chi connectivity index (χ4v) is 9.76. The zero-order valence-electron chi connectivity index (χ0n) is 19.4.